The van der Waals surface area contributed by atoms with Crippen LogP contribution in [-0.2, 0) is 0 Å². The summed E-state index contributed by atoms with van der Waals surface area (Å²) in [5, 5.41) is 10.3. The highest BCUT2D eigenvalue weighted by Crippen LogP contribution is 2.29. The molecule has 0 aliphatic carbocycles. The summed E-state index contributed by atoms with van der Waals surface area (Å²) in [7, 11) is 0. The number of hydrogen-bond donors (Lipinski definition) is 1. The SMILES string of the molecule is CSc1ccccc1-c1nnc(NC(=O)c2ccc(F)cc2)o1. The van der Waals surface area contributed by atoms with Crippen LogP contribution >= 0.6 is 11.8 Å². The molecule has 0 aliphatic rings. The maximum Gasteiger partial charge on any atom is 0.322 e. The molecule has 5 nitrogen and oxygen atoms in total. The number of carbonyl (C=O) groups is 1. The number of anilines is 1. The number of halogens is 1. The quantitative estimate of drug-likeness (QED) is 0.736. The van der Waals surface area contributed by atoms with Gasteiger partial charge >= 0.3 is 6.01 Å². The highest BCUT2D eigenvalue weighted by atomic mass is 32.2. The van der Waals surface area contributed by atoms with Gasteiger partial charge in [-0.1, -0.05) is 17.2 Å². The van der Waals surface area contributed by atoms with Gasteiger partial charge in [-0.3, -0.25) is 10.1 Å². The van der Waals surface area contributed by atoms with Crippen LogP contribution in [0.1, 0.15) is 10.4 Å². The van der Waals surface area contributed by atoms with Crippen LogP contribution in [0.25, 0.3) is 11.5 Å². The summed E-state index contributed by atoms with van der Waals surface area (Å²) in [6, 6.07) is 12.8. The van der Waals surface area contributed by atoms with Crippen LogP contribution in [0.15, 0.2) is 57.8 Å². The molecule has 0 unspecified atom stereocenters. The van der Waals surface area contributed by atoms with E-state index in [1.165, 1.54) is 24.3 Å². The second kappa shape index (κ2) is 6.62. The van der Waals surface area contributed by atoms with Gasteiger partial charge in [0.2, 0.25) is 0 Å². The average molecular weight is 329 g/mol. The van der Waals surface area contributed by atoms with Crippen LogP contribution in [-0.4, -0.2) is 22.4 Å². The first-order valence-electron chi connectivity index (χ1n) is 6.71. The van der Waals surface area contributed by atoms with Gasteiger partial charge in [-0.25, -0.2) is 4.39 Å². The van der Waals surface area contributed by atoms with Gasteiger partial charge in [-0.2, -0.15) is 0 Å². The fourth-order valence-corrected chi connectivity index (χ4v) is 2.56. The fourth-order valence-electron chi connectivity index (χ4n) is 1.97. The number of rotatable bonds is 4. The third kappa shape index (κ3) is 3.40. The van der Waals surface area contributed by atoms with Crippen molar-refractivity contribution in [3.05, 3.63) is 59.9 Å². The number of nitrogens with zero attached hydrogens (tertiary/aromatic N) is 2. The average Bonchev–Trinajstić information content (AvgIpc) is 3.03. The third-order valence-electron chi connectivity index (χ3n) is 3.09. The first kappa shape index (κ1) is 15.2. The standard InChI is InChI=1S/C16H12FN3O2S/c1-23-13-5-3-2-4-12(13)15-19-20-16(22-15)18-14(21)10-6-8-11(17)9-7-10/h2-9H,1H3,(H,18,20,21). The van der Waals surface area contributed by atoms with Crippen molar-refractivity contribution in [2.75, 3.05) is 11.6 Å². The highest BCUT2D eigenvalue weighted by molar-refractivity contribution is 7.98. The molecule has 3 aromatic rings. The minimum Gasteiger partial charge on any atom is -0.403 e. The molecule has 1 amide bonds. The van der Waals surface area contributed by atoms with E-state index in [1.807, 2.05) is 30.5 Å². The van der Waals surface area contributed by atoms with Gasteiger partial charge in [0.25, 0.3) is 11.8 Å². The molecule has 0 fully saturated rings. The van der Waals surface area contributed by atoms with E-state index in [0.717, 1.165) is 10.5 Å². The number of benzene rings is 2. The number of aromatic nitrogens is 2. The number of nitrogens with one attached hydrogen (secondary N) is 1. The zero-order valence-corrected chi connectivity index (χ0v) is 12.9. The topological polar surface area (TPSA) is 68.0 Å². The van der Waals surface area contributed by atoms with Crippen molar-refractivity contribution in [3.63, 3.8) is 0 Å². The van der Waals surface area contributed by atoms with E-state index in [4.69, 9.17) is 4.42 Å². The van der Waals surface area contributed by atoms with Crippen molar-refractivity contribution in [2.45, 2.75) is 4.90 Å². The Kier molecular flexibility index (Phi) is 4.38. The van der Waals surface area contributed by atoms with Crippen LogP contribution in [0, 0.1) is 5.82 Å². The number of thioether (sulfide) groups is 1. The summed E-state index contributed by atoms with van der Waals surface area (Å²) in [6.07, 6.45) is 1.95. The predicted octanol–water partition coefficient (Wildman–Crippen LogP) is 3.85. The van der Waals surface area contributed by atoms with Crippen LogP contribution in [0.4, 0.5) is 10.4 Å². The normalized spacial score (nSPS) is 10.5. The molecule has 0 saturated heterocycles. The molecule has 7 heteroatoms. The van der Waals surface area contributed by atoms with Crippen LogP contribution in [0.5, 0.6) is 0 Å². The zero-order valence-electron chi connectivity index (χ0n) is 12.1. The molecule has 0 saturated carbocycles. The summed E-state index contributed by atoms with van der Waals surface area (Å²) in [6.45, 7) is 0. The summed E-state index contributed by atoms with van der Waals surface area (Å²) in [5.74, 6) is -0.530. The first-order chi connectivity index (χ1) is 11.2. The lowest BCUT2D eigenvalue weighted by atomic mass is 10.2. The Morgan fingerprint density at radius 3 is 2.61 bits per heavy atom. The Labute approximate surface area is 135 Å². The second-order valence-electron chi connectivity index (χ2n) is 4.57. The summed E-state index contributed by atoms with van der Waals surface area (Å²) >= 11 is 1.56. The smallest absolute Gasteiger partial charge is 0.322 e. The monoisotopic (exact) mass is 329 g/mol. The van der Waals surface area contributed by atoms with E-state index >= 15 is 0 Å². The van der Waals surface area contributed by atoms with Crippen molar-refractivity contribution in [1.82, 2.24) is 10.2 Å². The van der Waals surface area contributed by atoms with E-state index in [-0.39, 0.29) is 6.01 Å². The molecular formula is C16H12FN3O2S. The Hall–Kier alpha value is -2.67. The largest absolute Gasteiger partial charge is 0.403 e. The summed E-state index contributed by atoms with van der Waals surface area (Å²) < 4.78 is 18.4. The van der Waals surface area contributed by atoms with E-state index in [2.05, 4.69) is 15.5 Å². The molecule has 0 spiro atoms. The lowest BCUT2D eigenvalue weighted by Crippen LogP contribution is -2.12. The molecule has 3 rings (SSSR count). The predicted molar refractivity (Wildman–Crippen MR) is 85.9 cm³/mol. The molecule has 0 bridgehead atoms. The maximum absolute atomic E-state index is 12.9. The Bertz CT molecular complexity index is 833. The molecule has 1 aromatic heterocycles. The van der Waals surface area contributed by atoms with Crippen molar-refractivity contribution in [2.24, 2.45) is 0 Å². The van der Waals surface area contributed by atoms with Gasteiger partial charge in [0, 0.05) is 10.5 Å². The Morgan fingerprint density at radius 1 is 1.13 bits per heavy atom. The van der Waals surface area contributed by atoms with E-state index < -0.39 is 11.7 Å². The molecule has 23 heavy (non-hydrogen) atoms. The van der Waals surface area contributed by atoms with E-state index in [1.54, 1.807) is 11.8 Å². The molecule has 1 N–H and O–H groups in total. The Morgan fingerprint density at radius 2 is 1.87 bits per heavy atom. The second-order valence-corrected chi connectivity index (χ2v) is 5.42. The van der Waals surface area contributed by atoms with Crippen LogP contribution < -0.4 is 5.32 Å². The van der Waals surface area contributed by atoms with Gasteiger partial charge in [0.15, 0.2) is 0 Å². The third-order valence-corrected chi connectivity index (χ3v) is 3.89. The number of carbonyl (C=O) groups excluding carboxylic acids is 1. The van der Waals surface area contributed by atoms with Gasteiger partial charge in [-0.15, -0.1) is 16.9 Å². The summed E-state index contributed by atoms with van der Waals surface area (Å²) in [4.78, 5) is 13.0. The minimum atomic E-state index is -0.446. The van der Waals surface area contributed by atoms with Gasteiger partial charge in [0.1, 0.15) is 5.82 Å². The van der Waals surface area contributed by atoms with Crippen molar-refractivity contribution >= 4 is 23.7 Å². The van der Waals surface area contributed by atoms with Crippen LogP contribution in [0.3, 0.4) is 0 Å². The molecule has 1 heterocycles. The van der Waals surface area contributed by atoms with E-state index in [0.29, 0.717) is 11.5 Å². The lowest BCUT2D eigenvalue weighted by Gasteiger charge is -2.02. The minimum absolute atomic E-state index is 0.00905. The Balaban J connectivity index is 1.79. The molecule has 0 aliphatic heterocycles. The lowest BCUT2D eigenvalue weighted by molar-refractivity contribution is 0.102. The molecule has 0 atom stereocenters. The number of amides is 1. The highest BCUT2D eigenvalue weighted by Gasteiger charge is 2.14. The van der Waals surface area contributed by atoms with Gasteiger partial charge in [-0.05, 0) is 42.7 Å². The first-order valence-corrected chi connectivity index (χ1v) is 7.93. The van der Waals surface area contributed by atoms with Crippen molar-refractivity contribution < 1.29 is 13.6 Å². The van der Waals surface area contributed by atoms with Gasteiger partial charge in [0.05, 0.1) is 5.56 Å². The summed E-state index contributed by atoms with van der Waals surface area (Å²) in [5.41, 5.74) is 1.10. The van der Waals surface area contributed by atoms with Crippen LogP contribution in [0.2, 0.25) is 0 Å². The van der Waals surface area contributed by atoms with Gasteiger partial charge < -0.3 is 4.42 Å². The fraction of sp³-hybridized carbons (Fsp3) is 0.0625. The zero-order chi connectivity index (χ0) is 16.2. The number of hydrogen-bond acceptors (Lipinski definition) is 5. The maximum atomic E-state index is 12.9. The molecule has 2 aromatic carbocycles. The van der Waals surface area contributed by atoms with E-state index in [9.17, 15) is 9.18 Å². The molecule has 0 radical (unpaired) electrons. The molecular weight excluding hydrogens is 317 g/mol. The molecule has 116 valence electrons. The van der Waals surface area contributed by atoms with Crippen molar-refractivity contribution in [1.29, 1.82) is 0 Å². The van der Waals surface area contributed by atoms with Crippen molar-refractivity contribution in [3.8, 4) is 11.5 Å².